The van der Waals surface area contributed by atoms with Crippen molar-refractivity contribution in [3.63, 3.8) is 0 Å². The number of urea groups is 1. The molecule has 0 aliphatic heterocycles. The van der Waals surface area contributed by atoms with Gasteiger partial charge in [-0.2, -0.15) is 0 Å². The lowest BCUT2D eigenvalue weighted by Crippen LogP contribution is -2.28. The number of hydrogen-bond acceptors (Lipinski definition) is 1. The van der Waals surface area contributed by atoms with E-state index in [4.69, 9.17) is 34.8 Å². The Labute approximate surface area is 131 Å². The lowest BCUT2D eigenvalue weighted by molar-refractivity contribution is 0.251. The van der Waals surface area contributed by atoms with Crippen molar-refractivity contribution in [1.29, 1.82) is 0 Å². The van der Waals surface area contributed by atoms with E-state index in [1.54, 1.807) is 30.3 Å². The predicted molar refractivity (Wildman–Crippen MR) is 83.8 cm³/mol. The van der Waals surface area contributed by atoms with Crippen molar-refractivity contribution < 1.29 is 4.79 Å². The molecule has 0 aromatic heterocycles. The Morgan fingerprint density at radius 2 is 1.60 bits per heavy atom. The zero-order valence-corrected chi connectivity index (χ0v) is 12.6. The Bertz CT molecular complexity index is 614. The van der Waals surface area contributed by atoms with E-state index in [-0.39, 0.29) is 6.03 Å². The summed E-state index contributed by atoms with van der Waals surface area (Å²) in [5.74, 6) is 0. The number of halogens is 3. The normalized spacial score (nSPS) is 10.2. The molecule has 0 heterocycles. The number of nitrogens with one attached hydrogen (secondary N) is 2. The summed E-state index contributed by atoms with van der Waals surface area (Å²) in [6.45, 7) is 0.397. The second-order valence-electron chi connectivity index (χ2n) is 4.06. The molecule has 0 aliphatic carbocycles. The number of anilines is 1. The first-order valence-electron chi connectivity index (χ1n) is 5.79. The topological polar surface area (TPSA) is 41.1 Å². The molecule has 20 heavy (non-hydrogen) atoms. The molecule has 2 aromatic rings. The summed E-state index contributed by atoms with van der Waals surface area (Å²) >= 11 is 17.5. The van der Waals surface area contributed by atoms with Gasteiger partial charge < -0.3 is 10.6 Å². The van der Waals surface area contributed by atoms with Crippen LogP contribution in [0.25, 0.3) is 0 Å². The molecule has 0 radical (unpaired) electrons. The molecule has 0 spiro atoms. The molecule has 0 saturated heterocycles. The lowest BCUT2D eigenvalue weighted by atomic mass is 10.2. The van der Waals surface area contributed by atoms with Gasteiger partial charge in [0.1, 0.15) is 0 Å². The number of carbonyl (C=O) groups excluding carboxylic acids is 1. The van der Waals surface area contributed by atoms with E-state index in [1.807, 2.05) is 12.1 Å². The molecule has 0 aliphatic rings. The summed E-state index contributed by atoms with van der Waals surface area (Å²) in [4.78, 5) is 11.7. The van der Waals surface area contributed by atoms with Gasteiger partial charge >= 0.3 is 6.03 Å². The van der Waals surface area contributed by atoms with Gasteiger partial charge in [-0.1, -0.05) is 46.9 Å². The minimum Gasteiger partial charge on any atom is -0.334 e. The molecule has 0 unspecified atom stereocenters. The fourth-order valence-corrected chi connectivity index (χ4v) is 2.12. The third-order valence-electron chi connectivity index (χ3n) is 2.55. The molecule has 2 aromatic carbocycles. The highest BCUT2D eigenvalue weighted by Gasteiger charge is 2.05. The van der Waals surface area contributed by atoms with Crippen LogP contribution in [0.5, 0.6) is 0 Å². The largest absolute Gasteiger partial charge is 0.334 e. The molecule has 2 amide bonds. The van der Waals surface area contributed by atoms with Gasteiger partial charge in [-0.15, -0.1) is 0 Å². The second-order valence-corrected chi connectivity index (χ2v) is 5.34. The summed E-state index contributed by atoms with van der Waals surface area (Å²) in [5.41, 5.74) is 1.46. The van der Waals surface area contributed by atoms with Gasteiger partial charge in [-0.3, -0.25) is 0 Å². The predicted octanol–water partition coefficient (Wildman–Crippen LogP) is 4.97. The second kappa shape index (κ2) is 6.84. The SMILES string of the molecule is O=C(NCc1ccc(Cl)cc1)Nc1ccc(Cl)cc1Cl. The van der Waals surface area contributed by atoms with Crippen LogP contribution in [-0.2, 0) is 6.54 Å². The van der Waals surface area contributed by atoms with E-state index in [0.717, 1.165) is 5.56 Å². The summed E-state index contributed by atoms with van der Waals surface area (Å²) in [6, 6.07) is 11.8. The van der Waals surface area contributed by atoms with E-state index in [0.29, 0.717) is 27.3 Å². The molecule has 2 rings (SSSR count). The molecular formula is C14H11Cl3N2O. The standard InChI is InChI=1S/C14H11Cl3N2O/c15-10-3-1-9(2-4-10)8-18-14(20)19-13-6-5-11(16)7-12(13)17/h1-7H,8H2,(H2,18,19,20). The summed E-state index contributed by atoms with van der Waals surface area (Å²) in [6.07, 6.45) is 0. The van der Waals surface area contributed by atoms with E-state index in [9.17, 15) is 4.79 Å². The molecule has 104 valence electrons. The minimum absolute atomic E-state index is 0.343. The Hall–Kier alpha value is -1.42. The van der Waals surface area contributed by atoms with E-state index >= 15 is 0 Å². The summed E-state index contributed by atoms with van der Waals surface area (Å²) in [5, 5.41) is 6.94. The van der Waals surface area contributed by atoms with Crippen LogP contribution in [0.15, 0.2) is 42.5 Å². The monoisotopic (exact) mass is 328 g/mol. The fraction of sp³-hybridized carbons (Fsp3) is 0.0714. The number of hydrogen-bond donors (Lipinski definition) is 2. The zero-order chi connectivity index (χ0) is 14.5. The third-order valence-corrected chi connectivity index (χ3v) is 3.35. The first-order valence-corrected chi connectivity index (χ1v) is 6.92. The van der Waals surface area contributed by atoms with Gasteiger partial charge in [0.25, 0.3) is 0 Å². The Kier molecular flexibility index (Phi) is 5.12. The summed E-state index contributed by atoms with van der Waals surface area (Å²) < 4.78 is 0. The van der Waals surface area contributed by atoms with E-state index in [1.165, 1.54) is 0 Å². The van der Waals surface area contributed by atoms with Crippen LogP contribution < -0.4 is 10.6 Å². The van der Waals surface area contributed by atoms with Gasteiger partial charge in [0.2, 0.25) is 0 Å². The van der Waals surface area contributed by atoms with Crippen molar-refractivity contribution >= 4 is 46.5 Å². The first kappa shape index (κ1) is 15.0. The van der Waals surface area contributed by atoms with Gasteiger partial charge in [-0.25, -0.2) is 4.79 Å². The highest BCUT2D eigenvalue weighted by Crippen LogP contribution is 2.25. The van der Waals surface area contributed by atoms with Crippen molar-refractivity contribution in [1.82, 2.24) is 5.32 Å². The quantitative estimate of drug-likeness (QED) is 0.820. The van der Waals surface area contributed by atoms with Gasteiger partial charge in [0, 0.05) is 16.6 Å². The van der Waals surface area contributed by atoms with Crippen molar-refractivity contribution in [2.45, 2.75) is 6.54 Å². The van der Waals surface area contributed by atoms with Crippen LogP contribution in [0.1, 0.15) is 5.56 Å². The molecule has 0 atom stereocenters. The molecule has 2 N–H and O–H groups in total. The van der Waals surface area contributed by atoms with Crippen LogP contribution >= 0.6 is 34.8 Å². The Morgan fingerprint density at radius 3 is 2.25 bits per heavy atom. The first-order chi connectivity index (χ1) is 9.54. The van der Waals surface area contributed by atoms with Crippen molar-refractivity contribution in [3.8, 4) is 0 Å². The number of benzene rings is 2. The molecular weight excluding hydrogens is 319 g/mol. The van der Waals surface area contributed by atoms with Gasteiger partial charge in [0.05, 0.1) is 10.7 Å². The lowest BCUT2D eigenvalue weighted by Gasteiger charge is -2.09. The zero-order valence-electron chi connectivity index (χ0n) is 10.3. The maximum Gasteiger partial charge on any atom is 0.319 e. The van der Waals surface area contributed by atoms with Crippen LogP contribution in [-0.4, -0.2) is 6.03 Å². The average molecular weight is 330 g/mol. The fourth-order valence-electron chi connectivity index (χ4n) is 1.54. The smallest absolute Gasteiger partial charge is 0.319 e. The van der Waals surface area contributed by atoms with Crippen LogP contribution in [0, 0.1) is 0 Å². The average Bonchev–Trinajstić information content (AvgIpc) is 2.41. The number of amides is 2. The maximum atomic E-state index is 11.7. The van der Waals surface area contributed by atoms with Crippen LogP contribution in [0.3, 0.4) is 0 Å². The van der Waals surface area contributed by atoms with Crippen LogP contribution in [0.4, 0.5) is 10.5 Å². The highest BCUT2D eigenvalue weighted by atomic mass is 35.5. The van der Waals surface area contributed by atoms with Crippen LogP contribution in [0.2, 0.25) is 15.1 Å². The molecule has 6 heteroatoms. The Morgan fingerprint density at radius 1 is 0.950 bits per heavy atom. The van der Waals surface area contributed by atoms with E-state index in [2.05, 4.69) is 10.6 Å². The van der Waals surface area contributed by atoms with Crippen molar-refractivity contribution in [2.24, 2.45) is 0 Å². The number of rotatable bonds is 3. The van der Waals surface area contributed by atoms with Crippen molar-refractivity contribution in [2.75, 3.05) is 5.32 Å². The minimum atomic E-state index is -0.343. The molecule has 0 saturated carbocycles. The summed E-state index contributed by atoms with van der Waals surface area (Å²) in [7, 11) is 0. The Balaban J connectivity index is 1.90. The third kappa shape index (κ3) is 4.30. The van der Waals surface area contributed by atoms with Gasteiger partial charge in [0.15, 0.2) is 0 Å². The maximum absolute atomic E-state index is 11.7. The van der Waals surface area contributed by atoms with Crippen molar-refractivity contribution in [3.05, 3.63) is 63.1 Å². The molecule has 0 fully saturated rings. The number of carbonyl (C=O) groups is 1. The molecule has 0 bridgehead atoms. The highest BCUT2D eigenvalue weighted by molar-refractivity contribution is 6.36. The van der Waals surface area contributed by atoms with E-state index < -0.39 is 0 Å². The molecule has 3 nitrogen and oxygen atoms in total. The van der Waals surface area contributed by atoms with Gasteiger partial charge in [-0.05, 0) is 35.9 Å².